The lowest BCUT2D eigenvalue weighted by molar-refractivity contribution is -0.121. The van der Waals surface area contributed by atoms with Gasteiger partial charge in [0, 0.05) is 31.7 Å². The van der Waals surface area contributed by atoms with Crippen molar-refractivity contribution in [2.45, 2.75) is 45.2 Å². The highest BCUT2D eigenvalue weighted by atomic mass is 35.5. The molecule has 0 aromatic heterocycles. The Morgan fingerprint density at radius 3 is 2.47 bits per heavy atom. The molecule has 2 aromatic rings. The van der Waals surface area contributed by atoms with Crippen LogP contribution in [0.4, 0.5) is 5.69 Å². The number of nitrogens with one attached hydrogen (secondary N) is 2. The monoisotopic (exact) mass is 449 g/mol. The Bertz CT molecular complexity index is 791. The SMILES string of the molecule is Cl.Cl.O=C(CCC1CCNCC1)NCc1ccc(CN2CCc3ccccc32)cc1. The van der Waals surface area contributed by atoms with Gasteiger partial charge in [-0.2, -0.15) is 0 Å². The highest BCUT2D eigenvalue weighted by Crippen LogP contribution is 2.28. The number of carbonyl (C=O) groups excluding carboxylic acids is 1. The summed E-state index contributed by atoms with van der Waals surface area (Å²) in [6.45, 7) is 4.86. The Hall–Kier alpha value is -1.75. The summed E-state index contributed by atoms with van der Waals surface area (Å²) in [6.07, 6.45) is 5.21. The molecule has 0 atom stereocenters. The number of halogens is 2. The third kappa shape index (κ3) is 6.63. The number of para-hydroxylation sites is 1. The molecule has 1 fully saturated rings. The van der Waals surface area contributed by atoms with Gasteiger partial charge in [-0.25, -0.2) is 0 Å². The van der Waals surface area contributed by atoms with Crippen LogP contribution < -0.4 is 15.5 Å². The Morgan fingerprint density at radius 2 is 1.70 bits per heavy atom. The second kappa shape index (κ2) is 12.2. The summed E-state index contributed by atoms with van der Waals surface area (Å²) in [6, 6.07) is 17.4. The van der Waals surface area contributed by atoms with Crippen molar-refractivity contribution in [2.75, 3.05) is 24.5 Å². The average molecular weight is 450 g/mol. The van der Waals surface area contributed by atoms with Gasteiger partial charge in [-0.3, -0.25) is 4.79 Å². The van der Waals surface area contributed by atoms with E-state index in [-0.39, 0.29) is 30.7 Å². The molecule has 30 heavy (non-hydrogen) atoms. The van der Waals surface area contributed by atoms with Crippen molar-refractivity contribution in [1.29, 1.82) is 0 Å². The van der Waals surface area contributed by atoms with E-state index >= 15 is 0 Å². The van der Waals surface area contributed by atoms with Gasteiger partial charge in [-0.05, 0) is 67.4 Å². The van der Waals surface area contributed by atoms with Crippen LogP contribution in [-0.4, -0.2) is 25.5 Å². The number of fused-ring (bicyclic) bond motifs is 1. The maximum absolute atomic E-state index is 12.1. The number of anilines is 1. The smallest absolute Gasteiger partial charge is 0.220 e. The van der Waals surface area contributed by atoms with Crippen LogP contribution in [0.2, 0.25) is 0 Å². The number of benzene rings is 2. The van der Waals surface area contributed by atoms with Crippen molar-refractivity contribution in [2.24, 2.45) is 5.92 Å². The molecule has 0 radical (unpaired) electrons. The molecule has 1 amide bonds. The van der Waals surface area contributed by atoms with Crippen LogP contribution in [-0.2, 0) is 24.3 Å². The minimum absolute atomic E-state index is 0. The third-order valence-corrected chi connectivity index (χ3v) is 6.11. The van der Waals surface area contributed by atoms with Crippen LogP contribution in [0.3, 0.4) is 0 Å². The molecule has 2 aliphatic rings. The Kier molecular flexibility index (Phi) is 9.96. The average Bonchev–Trinajstić information content (AvgIpc) is 3.15. The molecule has 2 heterocycles. The van der Waals surface area contributed by atoms with E-state index in [0.717, 1.165) is 39.0 Å². The van der Waals surface area contributed by atoms with Crippen LogP contribution in [0, 0.1) is 5.92 Å². The zero-order chi connectivity index (χ0) is 19.2. The van der Waals surface area contributed by atoms with Crippen molar-refractivity contribution in [1.82, 2.24) is 10.6 Å². The third-order valence-electron chi connectivity index (χ3n) is 6.11. The van der Waals surface area contributed by atoms with Gasteiger partial charge >= 0.3 is 0 Å². The first-order valence-electron chi connectivity index (χ1n) is 10.7. The van der Waals surface area contributed by atoms with E-state index in [0.29, 0.717) is 18.9 Å². The molecule has 0 saturated carbocycles. The first-order valence-corrected chi connectivity index (χ1v) is 10.7. The number of piperidine rings is 1. The molecule has 0 aliphatic carbocycles. The standard InChI is InChI=1S/C24H31N3O.2ClH/c28-24(10-9-19-11-14-25-15-12-19)26-17-20-5-7-21(8-6-20)18-27-16-13-22-3-1-2-4-23(22)27;;/h1-8,19,25H,9-18H2,(H,26,28);2*1H. The normalized spacial score (nSPS) is 15.7. The largest absolute Gasteiger partial charge is 0.367 e. The fourth-order valence-electron chi connectivity index (χ4n) is 4.35. The molecule has 4 rings (SSSR count). The van der Waals surface area contributed by atoms with Crippen molar-refractivity contribution in [3.8, 4) is 0 Å². The Morgan fingerprint density at radius 1 is 1.00 bits per heavy atom. The molecular weight excluding hydrogens is 417 g/mol. The summed E-state index contributed by atoms with van der Waals surface area (Å²) in [5.41, 5.74) is 5.30. The first-order chi connectivity index (χ1) is 13.8. The number of hydrogen-bond donors (Lipinski definition) is 2. The highest BCUT2D eigenvalue weighted by Gasteiger charge is 2.18. The van der Waals surface area contributed by atoms with Gasteiger partial charge in [0.05, 0.1) is 0 Å². The van der Waals surface area contributed by atoms with Crippen molar-refractivity contribution in [3.63, 3.8) is 0 Å². The van der Waals surface area contributed by atoms with Gasteiger partial charge in [0.15, 0.2) is 0 Å². The van der Waals surface area contributed by atoms with Gasteiger partial charge in [0.25, 0.3) is 0 Å². The number of carbonyl (C=O) groups is 1. The number of amides is 1. The molecule has 2 aromatic carbocycles. The fourth-order valence-corrected chi connectivity index (χ4v) is 4.35. The Balaban J connectivity index is 0.00000160. The minimum Gasteiger partial charge on any atom is -0.367 e. The summed E-state index contributed by atoms with van der Waals surface area (Å²) in [7, 11) is 0. The van der Waals surface area contributed by atoms with Crippen molar-refractivity contribution < 1.29 is 4.79 Å². The van der Waals surface area contributed by atoms with E-state index in [1.54, 1.807) is 0 Å². The summed E-state index contributed by atoms with van der Waals surface area (Å²) in [4.78, 5) is 14.6. The van der Waals surface area contributed by atoms with Gasteiger partial charge in [-0.15, -0.1) is 24.8 Å². The van der Waals surface area contributed by atoms with Gasteiger partial charge in [-0.1, -0.05) is 42.5 Å². The van der Waals surface area contributed by atoms with Gasteiger partial charge in [0.1, 0.15) is 0 Å². The summed E-state index contributed by atoms with van der Waals surface area (Å²) in [5.74, 6) is 0.887. The number of nitrogens with zero attached hydrogens (tertiary/aromatic N) is 1. The van der Waals surface area contributed by atoms with E-state index < -0.39 is 0 Å². The summed E-state index contributed by atoms with van der Waals surface area (Å²) in [5, 5.41) is 6.46. The van der Waals surface area contributed by atoms with Crippen molar-refractivity contribution in [3.05, 3.63) is 65.2 Å². The minimum atomic E-state index is 0. The number of hydrogen-bond acceptors (Lipinski definition) is 3. The lowest BCUT2D eigenvalue weighted by atomic mass is 9.93. The fraction of sp³-hybridized carbons (Fsp3) is 0.458. The van der Waals surface area contributed by atoms with E-state index in [1.165, 1.54) is 35.2 Å². The van der Waals surface area contributed by atoms with Gasteiger partial charge < -0.3 is 15.5 Å². The maximum atomic E-state index is 12.1. The molecule has 0 spiro atoms. The summed E-state index contributed by atoms with van der Waals surface area (Å²) < 4.78 is 0. The van der Waals surface area contributed by atoms with Crippen LogP contribution in [0.1, 0.15) is 42.4 Å². The predicted molar refractivity (Wildman–Crippen MR) is 129 cm³/mol. The topological polar surface area (TPSA) is 44.4 Å². The molecule has 1 saturated heterocycles. The molecule has 6 heteroatoms. The molecule has 164 valence electrons. The van der Waals surface area contributed by atoms with Gasteiger partial charge in [0.2, 0.25) is 5.91 Å². The lowest BCUT2D eigenvalue weighted by Gasteiger charge is -2.22. The molecule has 2 N–H and O–H groups in total. The molecule has 0 bridgehead atoms. The zero-order valence-electron chi connectivity index (χ0n) is 17.4. The maximum Gasteiger partial charge on any atom is 0.220 e. The molecule has 0 unspecified atom stereocenters. The lowest BCUT2D eigenvalue weighted by Crippen LogP contribution is -2.29. The summed E-state index contributed by atoms with van der Waals surface area (Å²) >= 11 is 0. The molecule has 2 aliphatic heterocycles. The van der Waals surface area contributed by atoms with E-state index in [2.05, 4.69) is 64.1 Å². The predicted octanol–water partition coefficient (Wildman–Crippen LogP) is 4.49. The number of rotatable bonds is 7. The van der Waals surface area contributed by atoms with E-state index in [9.17, 15) is 4.79 Å². The van der Waals surface area contributed by atoms with E-state index in [4.69, 9.17) is 0 Å². The van der Waals surface area contributed by atoms with Crippen molar-refractivity contribution >= 4 is 36.4 Å². The van der Waals surface area contributed by atoms with E-state index in [1.807, 2.05) is 0 Å². The van der Waals surface area contributed by atoms with Crippen LogP contribution >= 0.6 is 24.8 Å². The van der Waals surface area contributed by atoms with Crippen LogP contribution in [0.25, 0.3) is 0 Å². The molecule has 4 nitrogen and oxygen atoms in total. The Labute approximate surface area is 192 Å². The highest BCUT2D eigenvalue weighted by molar-refractivity contribution is 5.85. The molecular formula is C24H33Cl2N3O. The van der Waals surface area contributed by atoms with Crippen LogP contribution in [0.15, 0.2) is 48.5 Å². The first kappa shape index (κ1) is 24.5. The quantitative estimate of drug-likeness (QED) is 0.654. The second-order valence-electron chi connectivity index (χ2n) is 8.13. The van der Waals surface area contributed by atoms with Crippen LogP contribution in [0.5, 0.6) is 0 Å². The zero-order valence-corrected chi connectivity index (χ0v) is 19.1. The second-order valence-corrected chi connectivity index (χ2v) is 8.13.